The second-order valence-corrected chi connectivity index (χ2v) is 8.33. The number of thiazole rings is 1. The molecule has 1 saturated heterocycles. The van der Waals surface area contributed by atoms with Crippen molar-refractivity contribution in [2.75, 3.05) is 6.54 Å². The third kappa shape index (κ3) is 3.70. The Labute approximate surface area is 182 Å². The molecular formula is C23H19N3O4S. The maximum Gasteiger partial charge on any atom is 0.254 e. The predicted molar refractivity (Wildman–Crippen MR) is 115 cm³/mol. The van der Waals surface area contributed by atoms with Gasteiger partial charge in [0.15, 0.2) is 12.0 Å². The molecule has 1 fully saturated rings. The van der Waals surface area contributed by atoms with Gasteiger partial charge in [-0.25, -0.2) is 9.97 Å². The molecule has 1 unspecified atom stereocenters. The van der Waals surface area contributed by atoms with Crippen molar-refractivity contribution in [1.82, 2.24) is 14.9 Å². The largest absolute Gasteiger partial charge is 0.453 e. The zero-order chi connectivity index (χ0) is 21.4. The maximum absolute atomic E-state index is 13.6. The van der Waals surface area contributed by atoms with Gasteiger partial charge in [0.2, 0.25) is 5.89 Å². The van der Waals surface area contributed by atoms with Crippen LogP contribution in [-0.2, 0) is 0 Å². The van der Waals surface area contributed by atoms with Gasteiger partial charge in [-0.1, -0.05) is 0 Å². The van der Waals surface area contributed by atoms with E-state index in [1.54, 1.807) is 41.8 Å². The van der Waals surface area contributed by atoms with Crippen LogP contribution in [-0.4, -0.2) is 33.6 Å². The van der Waals surface area contributed by atoms with Gasteiger partial charge < -0.3 is 13.7 Å². The molecule has 8 heteroatoms. The summed E-state index contributed by atoms with van der Waals surface area (Å²) >= 11 is 1.59. The number of oxazole rings is 1. The standard InChI is InChI=1S/C23H19N3O4S/c1-14-13-31-22(25-14)19-3-2-7-26(19)23(28)17-10-15(20-5-4-18(12-27)30-20)9-16(11-17)21-24-6-8-29-21/h4-6,8-13,19H,2-3,7H2,1H3. The summed E-state index contributed by atoms with van der Waals surface area (Å²) in [5.41, 5.74) is 2.81. The molecule has 7 nitrogen and oxygen atoms in total. The van der Waals surface area contributed by atoms with Crippen LogP contribution in [0.25, 0.3) is 22.8 Å². The van der Waals surface area contributed by atoms with E-state index in [9.17, 15) is 9.59 Å². The molecule has 0 bridgehead atoms. The fourth-order valence-corrected chi connectivity index (χ4v) is 4.85. The molecule has 1 atom stereocenters. The number of nitrogens with zero attached hydrogens (tertiary/aromatic N) is 3. The summed E-state index contributed by atoms with van der Waals surface area (Å²) in [5, 5.41) is 2.98. The Balaban J connectivity index is 1.55. The van der Waals surface area contributed by atoms with Crippen LogP contribution in [0.2, 0.25) is 0 Å². The summed E-state index contributed by atoms with van der Waals surface area (Å²) in [6, 6.07) is 8.69. The minimum Gasteiger partial charge on any atom is -0.453 e. The average molecular weight is 433 g/mol. The molecule has 3 aromatic heterocycles. The third-order valence-electron chi connectivity index (χ3n) is 5.32. The molecule has 1 aliphatic heterocycles. The van der Waals surface area contributed by atoms with Crippen molar-refractivity contribution in [3.05, 3.63) is 70.2 Å². The van der Waals surface area contributed by atoms with Gasteiger partial charge in [0, 0.05) is 34.3 Å². The first-order chi connectivity index (χ1) is 15.1. The number of carbonyl (C=O) groups is 2. The molecule has 5 rings (SSSR count). The van der Waals surface area contributed by atoms with Crippen molar-refractivity contribution < 1.29 is 18.4 Å². The first-order valence-corrected chi connectivity index (χ1v) is 10.8. The number of amides is 1. The quantitative estimate of drug-likeness (QED) is 0.404. The summed E-state index contributed by atoms with van der Waals surface area (Å²) in [7, 11) is 0. The van der Waals surface area contributed by atoms with E-state index in [4.69, 9.17) is 8.83 Å². The number of hydrogen-bond acceptors (Lipinski definition) is 7. The Morgan fingerprint density at radius 3 is 2.84 bits per heavy atom. The molecule has 1 amide bonds. The lowest BCUT2D eigenvalue weighted by Gasteiger charge is -2.23. The number of aromatic nitrogens is 2. The van der Waals surface area contributed by atoms with Gasteiger partial charge in [-0.15, -0.1) is 11.3 Å². The highest BCUT2D eigenvalue weighted by molar-refractivity contribution is 7.09. The summed E-state index contributed by atoms with van der Waals surface area (Å²) in [6.45, 7) is 2.64. The lowest BCUT2D eigenvalue weighted by Crippen LogP contribution is -2.30. The molecule has 0 saturated carbocycles. The van der Waals surface area contributed by atoms with E-state index in [-0.39, 0.29) is 17.7 Å². The van der Waals surface area contributed by atoms with Crippen molar-refractivity contribution in [1.29, 1.82) is 0 Å². The Hall–Kier alpha value is -3.52. The van der Waals surface area contributed by atoms with Crippen molar-refractivity contribution in [2.45, 2.75) is 25.8 Å². The van der Waals surface area contributed by atoms with Gasteiger partial charge in [0.05, 0.1) is 12.2 Å². The summed E-state index contributed by atoms with van der Waals surface area (Å²) in [6.07, 6.45) is 5.52. The van der Waals surface area contributed by atoms with Crippen molar-refractivity contribution in [3.8, 4) is 22.8 Å². The lowest BCUT2D eigenvalue weighted by atomic mass is 10.0. The van der Waals surface area contributed by atoms with Gasteiger partial charge in [0.1, 0.15) is 17.0 Å². The second kappa shape index (κ2) is 7.96. The SMILES string of the molecule is Cc1csc(C2CCCN2C(=O)c2cc(-c3ccc(C=O)o3)cc(-c3ncco3)c2)n1. The first kappa shape index (κ1) is 19.4. The zero-order valence-corrected chi connectivity index (χ0v) is 17.6. The van der Waals surface area contributed by atoms with Crippen LogP contribution >= 0.6 is 11.3 Å². The number of aryl methyl sites for hydroxylation is 1. The van der Waals surface area contributed by atoms with Crippen LogP contribution in [0.4, 0.5) is 0 Å². The molecular weight excluding hydrogens is 414 g/mol. The Morgan fingerprint density at radius 2 is 2.13 bits per heavy atom. The van der Waals surface area contributed by atoms with Crippen molar-refractivity contribution in [2.24, 2.45) is 0 Å². The molecule has 31 heavy (non-hydrogen) atoms. The number of benzene rings is 1. The number of carbonyl (C=O) groups excluding carboxylic acids is 2. The van der Waals surface area contributed by atoms with E-state index in [0.29, 0.717) is 41.2 Å². The predicted octanol–water partition coefficient (Wildman–Crippen LogP) is 5.16. The van der Waals surface area contributed by atoms with Crippen LogP contribution in [0.15, 0.2) is 57.0 Å². The average Bonchev–Trinajstić information content (AvgIpc) is 3.59. The summed E-state index contributed by atoms with van der Waals surface area (Å²) < 4.78 is 11.1. The molecule has 0 radical (unpaired) electrons. The van der Waals surface area contributed by atoms with Crippen molar-refractivity contribution >= 4 is 23.5 Å². The Morgan fingerprint density at radius 1 is 1.26 bits per heavy atom. The number of aldehydes is 1. The van der Waals surface area contributed by atoms with Gasteiger partial charge in [-0.3, -0.25) is 9.59 Å². The fourth-order valence-electron chi connectivity index (χ4n) is 3.91. The molecule has 0 spiro atoms. The van der Waals surface area contributed by atoms with Crippen LogP contribution < -0.4 is 0 Å². The molecule has 4 heterocycles. The van der Waals surface area contributed by atoms with E-state index in [2.05, 4.69) is 9.97 Å². The number of rotatable bonds is 5. The topological polar surface area (TPSA) is 89.4 Å². The van der Waals surface area contributed by atoms with Gasteiger partial charge in [0.25, 0.3) is 5.91 Å². The molecule has 4 aromatic rings. The highest BCUT2D eigenvalue weighted by Gasteiger charge is 2.33. The number of likely N-dealkylation sites (tertiary alicyclic amines) is 1. The van der Waals surface area contributed by atoms with E-state index >= 15 is 0 Å². The monoisotopic (exact) mass is 433 g/mol. The Bertz CT molecular complexity index is 1240. The fraction of sp³-hybridized carbons (Fsp3) is 0.217. The van der Waals surface area contributed by atoms with Gasteiger partial charge >= 0.3 is 0 Å². The number of furan rings is 1. The minimum atomic E-state index is -0.0767. The second-order valence-electron chi connectivity index (χ2n) is 7.44. The Kier molecular flexibility index (Phi) is 4.99. The van der Waals surface area contributed by atoms with Gasteiger partial charge in [-0.05, 0) is 50.1 Å². The van der Waals surface area contributed by atoms with Crippen LogP contribution in [0.5, 0.6) is 0 Å². The molecule has 0 aliphatic carbocycles. The van der Waals surface area contributed by atoms with E-state index in [0.717, 1.165) is 23.5 Å². The van der Waals surface area contributed by atoms with E-state index in [1.165, 1.54) is 6.26 Å². The number of hydrogen-bond donors (Lipinski definition) is 0. The highest BCUT2D eigenvalue weighted by Crippen LogP contribution is 2.36. The van der Waals surface area contributed by atoms with Crippen LogP contribution in [0.1, 0.15) is 50.5 Å². The summed E-state index contributed by atoms with van der Waals surface area (Å²) in [4.78, 5) is 35.3. The highest BCUT2D eigenvalue weighted by atomic mass is 32.1. The van der Waals surface area contributed by atoms with Crippen molar-refractivity contribution in [3.63, 3.8) is 0 Å². The summed E-state index contributed by atoms with van der Waals surface area (Å²) in [5.74, 6) is 1.06. The molecule has 0 N–H and O–H groups in total. The maximum atomic E-state index is 13.6. The smallest absolute Gasteiger partial charge is 0.254 e. The van der Waals surface area contributed by atoms with Crippen LogP contribution in [0.3, 0.4) is 0 Å². The molecule has 1 aliphatic rings. The van der Waals surface area contributed by atoms with Crippen LogP contribution in [0, 0.1) is 6.92 Å². The third-order valence-corrected chi connectivity index (χ3v) is 6.39. The normalized spacial score (nSPS) is 16.0. The van der Waals surface area contributed by atoms with E-state index in [1.807, 2.05) is 23.3 Å². The van der Waals surface area contributed by atoms with Gasteiger partial charge in [-0.2, -0.15) is 0 Å². The zero-order valence-electron chi connectivity index (χ0n) is 16.8. The minimum absolute atomic E-state index is 0.0228. The first-order valence-electron chi connectivity index (χ1n) is 9.96. The molecule has 1 aromatic carbocycles. The lowest BCUT2D eigenvalue weighted by molar-refractivity contribution is 0.0735. The molecule has 156 valence electrons. The van der Waals surface area contributed by atoms with E-state index < -0.39 is 0 Å².